The van der Waals surface area contributed by atoms with Crippen LogP contribution in [-0.2, 0) is 22.3 Å². The lowest BCUT2D eigenvalue weighted by Gasteiger charge is -2.38. The van der Waals surface area contributed by atoms with Crippen molar-refractivity contribution in [3.8, 4) is 0 Å². The summed E-state index contributed by atoms with van der Waals surface area (Å²) < 4.78 is 12.2. The molecule has 0 spiro atoms. The molecule has 8 nitrogen and oxygen atoms in total. The number of carboxylic acids is 1. The van der Waals surface area contributed by atoms with E-state index in [-0.39, 0.29) is 25.4 Å². The zero-order valence-electron chi connectivity index (χ0n) is 14.5. The van der Waals surface area contributed by atoms with Gasteiger partial charge in [0.15, 0.2) is 0 Å². The Hall–Kier alpha value is -1.41. The summed E-state index contributed by atoms with van der Waals surface area (Å²) in [5.41, 5.74) is 1.65. The van der Waals surface area contributed by atoms with Crippen LogP contribution < -0.4 is 0 Å². The molecule has 0 fully saturated rings. The van der Waals surface area contributed by atoms with Gasteiger partial charge in [0.05, 0.1) is 0 Å². The summed E-state index contributed by atoms with van der Waals surface area (Å²) in [6.07, 6.45) is -0.596. The second-order valence-electron chi connectivity index (χ2n) is 6.80. The molecule has 0 radical (unpaired) electrons. The molecule has 0 aromatic heterocycles. The van der Waals surface area contributed by atoms with Crippen molar-refractivity contribution in [3.05, 3.63) is 33.8 Å². The van der Waals surface area contributed by atoms with Gasteiger partial charge >= 0.3 is 19.6 Å². The lowest BCUT2D eigenvalue weighted by molar-refractivity contribution is -0.142. The molecule has 0 saturated heterocycles. The number of aliphatic carboxylic acids is 1. The summed E-state index contributed by atoms with van der Waals surface area (Å²) in [6.45, 7) is 3.84. The van der Waals surface area contributed by atoms with Gasteiger partial charge in [0.1, 0.15) is 12.3 Å². The second-order valence-corrected chi connectivity index (χ2v) is 9.33. The molecular formula is C16H22BrN2O6P. The third kappa shape index (κ3) is 5.30. The predicted molar refractivity (Wildman–Crippen MR) is 98.7 cm³/mol. The van der Waals surface area contributed by atoms with Gasteiger partial charge in [-0.05, 0) is 29.2 Å². The largest absolute Gasteiger partial charge is 0.480 e. The smallest absolute Gasteiger partial charge is 0.344 e. The summed E-state index contributed by atoms with van der Waals surface area (Å²) in [5, 5.41) is 9.57. The molecule has 144 valence electrons. The Morgan fingerprint density at radius 1 is 1.35 bits per heavy atom. The maximum Gasteiger partial charge on any atom is 0.344 e. The van der Waals surface area contributed by atoms with Crippen LogP contribution in [0, 0.1) is 5.92 Å². The topological polar surface area (TPSA) is 118 Å². The number of benzene rings is 1. The summed E-state index contributed by atoms with van der Waals surface area (Å²) >= 11 is 3.35. The Labute approximate surface area is 160 Å². The summed E-state index contributed by atoms with van der Waals surface area (Å²) in [7, 11) is -4.47. The molecule has 2 amide bonds. The number of fused-ring (bicyclic) bond motifs is 1. The van der Waals surface area contributed by atoms with Gasteiger partial charge in [-0.1, -0.05) is 35.8 Å². The van der Waals surface area contributed by atoms with Gasteiger partial charge in [-0.25, -0.2) is 9.59 Å². The number of nitrogens with zero attached hydrogens (tertiary/aromatic N) is 2. The number of hydrogen-bond acceptors (Lipinski definition) is 3. The summed E-state index contributed by atoms with van der Waals surface area (Å²) in [6, 6.07) is 3.69. The number of carbonyl (C=O) groups is 2. The van der Waals surface area contributed by atoms with Crippen molar-refractivity contribution in [3.63, 3.8) is 0 Å². The average Bonchev–Trinajstić information content (AvgIpc) is 2.50. The fourth-order valence-electron chi connectivity index (χ4n) is 3.01. The molecule has 0 unspecified atom stereocenters. The van der Waals surface area contributed by atoms with E-state index in [4.69, 9.17) is 0 Å². The number of rotatable bonds is 5. The molecule has 1 heterocycles. The van der Waals surface area contributed by atoms with Crippen molar-refractivity contribution < 1.29 is 29.0 Å². The van der Waals surface area contributed by atoms with Crippen LogP contribution in [0.4, 0.5) is 4.79 Å². The Balaban J connectivity index is 2.34. The zero-order valence-corrected chi connectivity index (χ0v) is 17.0. The second kappa shape index (κ2) is 8.08. The lowest BCUT2D eigenvalue weighted by atomic mass is 9.94. The molecule has 2 rings (SSSR count). The Morgan fingerprint density at radius 2 is 2.00 bits per heavy atom. The number of amides is 2. The minimum Gasteiger partial charge on any atom is -0.480 e. The number of hydrogen-bond donors (Lipinski definition) is 3. The highest BCUT2D eigenvalue weighted by atomic mass is 79.9. The Kier molecular flexibility index (Phi) is 6.50. The van der Waals surface area contributed by atoms with Crippen molar-refractivity contribution in [2.45, 2.75) is 32.9 Å². The molecule has 0 aliphatic carbocycles. The summed E-state index contributed by atoms with van der Waals surface area (Å²) in [5.74, 6) is -1.17. The van der Waals surface area contributed by atoms with Crippen LogP contribution in [0.3, 0.4) is 0 Å². The van der Waals surface area contributed by atoms with Crippen LogP contribution in [0.1, 0.15) is 25.0 Å². The van der Waals surface area contributed by atoms with Crippen LogP contribution >= 0.6 is 23.5 Å². The predicted octanol–water partition coefficient (Wildman–Crippen LogP) is 2.47. The first-order valence-corrected chi connectivity index (χ1v) is 10.7. The third-order valence-corrected chi connectivity index (χ3v) is 5.24. The fraction of sp³-hybridized carbons (Fsp3) is 0.500. The molecular weight excluding hydrogens is 427 g/mol. The third-order valence-electron chi connectivity index (χ3n) is 4.04. The van der Waals surface area contributed by atoms with E-state index in [1.807, 2.05) is 32.0 Å². The van der Waals surface area contributed by atoms with E-state index in [1.165, 1.54) is 4.90 Å². The van der Waals surface area contributed by atoms with Gasteiger partial charge < -0.3 is 24.7 Å². The number of carbonyl (C=O) groups excluding carboxylic acids is 1. The minimum absolute atomic E-state index is 0.0261. The number of urea groups is 1. The van der Waals surface area contributed by atoms with Crippen LogP contribution in [0.25, 0.3) is 0 Å². The van der Waals surface area contributed by atoms with Crippen LogP contribution in [0.5, 0.6) is 0 Å². The van der Waals surface area contributed by atoms with E-state index < -0.39 is 31.9 Å². The Morgan fingerprint density at radius 3 is 2.54 bits per heavy atom. The van der Waals surface area contributed by atoms with Crippen molar-refractivity contribution >= 4 is 35.5 Å². The molecule has 1 aliphatic heterocycles. The molecule has 1 atom stereocenters. The average molecular weight is 449 g/mol. The minimum atomic E-state index is -4.47. The normalized spacial score (nSPS) is 17.2. The van der Waals surface area contributed by atoms with E-state index >= 15 is 0 Å². The van der Waals surface area contributed by atoms with Gasteiger partial charge in [0, 0.05) is 24.0 Å². The highest BCUT2D eigenvalue weighted by Gasteiger charge is 2.38. The van der Waals surface area contributed by atoms with Crippen LogP contribution in [0.15, 0.2) is 22.7 Å². The molecule has 1 aliphatic rings. The quantitative estimate of drug-likeness (QED) is 0.595. The molecule has 1 aromatic carbocycles. The summed E-state index contributed by atoms with van der Waals surface area (Å²) in [4.78, 5) is 45.5. The van der Waals surface area contributed by atoms with E-state index in [2.05, 4.69) is 15.9 Å². The molecule has 0 saturated carbocycles. The zero-order chi connectivity index (χ0) is 19.6. The van der Waals surface area contributed by atoms with Gasteiger partial charge in [0.2, 0.25) is 0 Å². The van der Waals surface area contributed by atoms with E-state index in [1.54, 1.807) is 0 Å². The van der Waals surface area contributed by atoms with Gasteiger partial charge in [-0.3, -0.25) is 4.57 Å². The molecule has 1 aromatic rings. The fourth-order valence-corrected chi connectivity index (χ4v) is 4.10. The molecule has 26 heavy (non-hydrogen) atoms. The highest BCUT2D eigenvalue weighted by molar-refractivity contribution is 9.10. The molecule has 0 bridgehead atoms. The van der Waals surface area contributed by atoms with Gasteiger partial charge in [-0.15, -0.1) is 0 Å². The Bertz CT molecular complexity index is 750. The number of carboxylic acid groups (broad SMARTS) is 1. The van der Waals surface area contributed by atoms with Crippen LogP contribution in [-0.4, -0.2) is 55.6 Å². The first kappa shape index (κ1) is 20.9. The molecule has 3 N–H and O–H groups in total. The van der Waals surface area contributed by atoms with E-state index in [9.17, 15) is 29.0 Å². The van der Waals surface area contributed by atoms with Crippen molar-refractivity contribution in [1.82, 2.24) is 9.80 Å². The van der Waals surface area contributed by atoms with Crippen molar-refractivity contribution in [1.29, 1.82) is 0 Å². The monoisotopic (exact) mass is 448 g/mol. The SMILES string of the molecule is CC(C)CN(CP(=O)(O)O)C(=O)N1Cc2ccc(Br)cc2C[C@@H]1C(=O)O. The van der Waals surface area contributed by atoms with E-state index in [0.29, 0.717) is 0 Å². The standard InChI is InChI=1S/C16H22BrN2O6P/c1-10(2)7-18(9-26(23,24)25)16(22)19-8-11-3-4-13(17)5-12(11)6-14(19)15(20)21/h3-5,10,14H,6-9H2,1-2H3,(H,20,21)(H2,23,24,25)/t14-/m1/s1. The highest BCUT2D eigenvalue weighted by Crippen LogP contribution is 2.36. The van der Waals surface area contributed by atoms with E-state index in [0.717, 1.165) is 20.5 Å². The molecule has 10 heteroatoms. The lowest BCUT2D eigenvalue weighted by Crippen LogP contribution is -2.54. The first-order valence-electron chi connectivity index (χ1n) is 8.08. The van der Waals surface area contributed by atoms with Crippen molar-refractivity contribution in [2.24, 2.45) is 5.92 Å². The first-order chi connectivity index (χ1) is 12.0. The van der Waals surface area contributed by atoms with Gasteiger partial charge in [0.25, 0.3) is 0 Å². The number of halogens is 1. The van der Waals surface area contributed by atoms with Crippen molar-refractivity contribution in [2.75, 3.05) is 12.8 Å². The maximum absolute atomic E-state index is 12.9. The van der Waals surface area contributed by atoms with Crippen LogP contribution in [0.2, 0.25) is 0 Å². The maximum atomic E-state index is 12.9. The van der Waals surface area contributed by atoms with Gasteiger partial charge in [-0.2, -0.15) is 0 Å².